The molecule has 1 aromatic rings. The Hall–Kier alpha value is -1.39. The van der Waals surface area contributed by atoms with Crippen LogP contribution in [0, 0.1) is 6.92 Å². The highest BCUT2D eigenvalue weighted by Gasteiger charge is 2.09. The SMILES string of the molecule is Cc1ccc(CCC(=O)NCCN2CCNCC2)cc1. The number of aryl methyl sites for hydroxylation is 2. The molecule has 1 saturated heterocycles. The van der Waals surface area contributed by atoms with Crippen molar-refractivity contribution in [2.24, 2.45) is 0 Å². The highest BCUT2D eigenvalue weighted by molar-refractivity contribution is 5.76. The molecule has 0 bridgehead atoms. The van der Waals surface area contributed by atoms with Crippen molar-refractivity contribution in [2.75, 3.05) is 39.3 Å². The number of hydrogen-bond donors (Lipinski definition) is 2. The predicted molar refractivity (Wildman–Crippen MR) is 81.8 cm³/mol. The molecular formula is C16H25N3O. The van der Waals surface area contributed by atoms with Crippen molar-refractivity contribution in [1.82, 2.24) is 15.5 Å². The van der Waals surface area contributed by atoms with Gasteiger partial charge in [-0.15, -0.1) is 0 Å². The first-order valence-corrected chi connectivity index (χ1v) is 7.49. The molecule has 4 nitrogen and oxygen atoms in total. The Kier molecular flexibility index (Phi) is 6.02. The topological polar surface area (TPSA) is 44.4 Å². The summed E-state index contributed by atoms with van der Waals surface area (Å²) >= 11 is 0. The van der Waals surface area contributed by atoms with Crippen LogP contribution in [-0.2, 0) is 11.2 Å². The number of benzene rings is 1. The predicted octanol–water partition coefficient (Wildman–Crippen LogP) is 0.949. The molecule has 2 rings (SSSR count). The fraction of sp³-hybridized carbons (Fsp3) is 0.562. The lowest BCUT2D eigenvalue weighted by Crippen LogP contribution is -2.46. The van der Waals surface area contributed by atoms with E-state index in [9.17, 15) is 4.79 Å². The van der Waals surface area contributed by atoms with Crippen molar-refractivity contribution in [2.45, 2.75) is 19.8 Å². The van der Waals surface area contributed by atoms with Crippen molar-refractivity contribution < 1.29 is 4.79 Å². The molecule has 4 heteroatoms. The van der Waals surface area contributed by atoms with Gasteiger partial charge in [-0.05, 0) is 18.9 Å². The van der Waals surface area contributed by atoms with E-state index in [1.807, 2.05) is 0 Å². The lowest BCUT2D eigenvalue weighted by molar-refractivity contribution is -0.121. The molecular weight excluding hydrogens is 250 g/mol. The minimum Gasteiger partial charge on any atom is -0.355 e. The molecule has 1 aliphatic rings. The van der Waals surface area contributed by atoms with Crippen LogP contribution in [0.1, 0.15) is 17.5 Å². The van der Waals surface area contributed by atoms with Crippen LogP contribution in [0.5, 0.6) is 0 Å². The fourth-order valence-corrected chi connectivity index (χ4v) is 2.39. The number of piperazine rings is 1. The Morgan fingerprint density at radius 1 is 1.25 bits per heavy atom. The monoisotopic (exact) mass is 275 g/mol. The third-order valence-corrected chi connectivity index (χ3v) is 3.72. The number of carbonyl (C=O) groups is 1. The van der Waals surface area contributed by atoms with Crippen LogP contribution in [-0.4, -0.2) is 50.1 Å². The second-order valence-corrected chi connectivity index (χ2v) is 5.43. The first-order chi connectivity index (χ1) is 9.74. The van der Waals surface area contributed by atoms with Gasteiger partial charge in [-0.2, -0.15) is 0 Å². The summed E-state index contributed by atoms with van der Waals surface area (Å²) in [6.07, 6.45) is 1.39. The van der Waals surface area contributed by atoms with Crippen molar-refractivity contribution >= 4 is 5.91 Å². The van der Waals surface area contributed by atoms with E-state index in [2.05, 4.69) is 46.7 Å². The number of carbonyl (C=O) groups excluding carboxylic acids is 1. The maximum atomic E-state index is 11.8. The minimum absolute atomic E-state index is 0.153. The van der Waals surface area contributed by atoms with E-state index >= 15 is 0 Å². The van der Waals surface area contributed by atoms with Crippen LogP contribution >= 0.6 is 0 Å². The van der Waals surface area contributed by atoms with Crippen LogP contribution in [0.3, 0.4) is 0 Å². The summed E-state index contributed by atoms with van der Waals surface area (Å²) < 4.78 is 0. The summed E-state index contributed by atoms with van der Waals surface area (Å²) in [4.78, 5) is 14.2. The molecule has 1 amide bonds. The second kappa shape index (κ2) is 8.02. The van der Waals surface area contributed by atoms with Crippen LogP contribution < -0.4 is 10.6 Å². The summed E-state index contributed by atoms with van der Waals surface area (Å²) in [6, 6.07) is 8.39. The van der Waals surface area contributed by atoms with E-state index < -0.39 is 0 Å². The quantitative estimate of drug-likeness (QED) is 0.812. The second-order valence-electron chi connectivity index (χ2n) is 5.43. The van der Waals surface area contributed by atoms with Gasteiger partial charge in [0.2, 0.25) is 5.91 Å². The van der Waals surface area contributed by atoms with Crippen LogP contribution in [0.25, 0.3) is 0 Å². The average Bonchev–Trinajstić information content (AvgIpc) is 2.48. The first-order valence-electron chi connectivity index (χ1n) is 7.49. The summed E-state index contributed by atoms with van der Waals surface area (Å²) in [5.74, 6) is 0.153. The Morgan fingerprint density at radius 3 is 2.65 bits per heavy atom. The smallest absolute Gasteiger partial charge is 0.220 e. The molecule has 0 radical (unpaired) electrons. The number of amides is 1. The lowest BCUT2D eigenvalue weighted by Gasteiger charge is -2.27. The van der Waals surface area contributed by atoms with Gasteiger partial charge in [0.1, 0.15) is 0 Å². The van der Waals surface area contributed by atoms with Crippen LogP contribution in [0.4, 0.5) is 0 Å². The highest BCUT2D eigenvalue weighted by atomic mass is 16.1. The zero-order chi connectivity index (χ0) is 14.2. The molecule has 2 N–H and O–H groups in total. The number of nitrogens with one attached hydrogen (secondary N) is 2. The standard InChI is InChI=1S/C16H25N3O/c1-14-2-4-15(5-3-14)6-7-16(20)18-10-13-19-11-8-17-9-12-19/h2-5,17H,6-13H2,1H3,(H,18,20). The summed E-state index contributed by atoms with van der Waals surface area (Å²) in [6.45, 7) is 8.07. The molecule has 0 spiro atoms. The highest BCUT2D eigenvalue weighted by Crippen LogP contribution is 2.05. The molecule has 0 unspecified atom stereocenters. The van der Waals surface area contributed by atoms with E-state index in [0.29, 0.717) is 6.42 Å². The summed E-state index contributed by atoms with van der Waals surface area (Å²) in [7, 11) is 0. The van der Waals surface area contributed by atoms with Gasteiger partial charge < -0.3 is 10.6 Å². The summed E-state index contributed by atoms with van der Waals surface area (Å²) in [5.41, 5.74) is 2.49. The number of nitrogens with zero attached hydrogens (tertiary/aromatic N) is 1. The normalized spacial score (nSPS) is 16.1. The van der Waals surface area contributed by atoms with Crippen molar-refractivity contribution in [1.29, 1.82) is 0 Å². The molecule has 1 fully saturated rings. The molecule has 110 valence electrons. The minimum atomic E-state index is 0.153. The van der Waals surface area contributed by atoms with E-state index in [4.69, 9.17) is 0 Å². The number of hydrogen-bond acceptors (Lipinski definition) is 3. The van der Waals surface area contributed by atoms with Gasteiger partial charge >= 0.3 is 0 Å². The van der Waals surface area contributed by atoms with Gasteiger partial charge in [-0.25, -0.2) is 0 Å². The van der Waals surface area contributed by atoms with E-state index in [0.717, 1.165) is 45.7 Å². The van der Waals surface area contributed by atoms with Gasteiger partial charge in [0, 0.05) is 45.7 Å². The van der Waals surface area contributed by atoms with E-state index in [1.165, 1.54) is 11.1 Å². The van der Waals surface area contributed by atoms with Gasteiger partial charge in [-0.3, -0.25) is 9.69 Å². The summed E-state index contributed by atoms with van der Waals surface area (Å²) in [5, 5.41) is 6.34. The third kappa shape index (κ3) is 5.31. The van der Waals surface area contributed by atoms with Gasteiger partial charge in [0.25, 0.3) is 0 Å². The Morgan fingerprint density at radius 2 is 1.95 bits per heavy atom. The van der Waals surface area contributed by atoms with Gasteiger partial charge in [0.15, 0.2) is 0 Å². The molecule has 20 heavy (non-hydrogen) atoms. The van der Waals surface area contributed by atoms with Crippen LogP contribution in [0.15, 0.2) is 24.3 Å². The zero-order valence-electron chi connectivity index (χ0n) is 12.3. The maximum absolute atomic E-state index is 11.8. The number of rotatable bonds is 6. The van der Waals surface area contributed by atoms with Gasteiger partial charge in [0.05, 0.1) is 0 Å². The molecule has 0 atom stereocenters. The molecule has 0 aromatic heterocycles. The van der Waals surface area contributed by atoms with Crippen molar-refractivity contribution in [3.8, 4) is 0 Å². The van der Waals surface area contributed by atoms with Crippen molar-refractivity contribution in [3.63, 3.8) is 0 Å². The molecule has 0 saturated carbocycles. The largest absolute Gasteiger partial charge is 0.355 e. The van der Waals surface area contributed by atoms with Crippen LogP contribution in [0.2, 0.25) is 0 Å². The van der Waals surface area contributed by atoms with E-state index in [1.54, 1.807) is 0 Å². The molecule has 1 aromatic carbocycles. The fourth-order valence-electron chi connectivity index (χ4n) is 2.39. The average molecular weight is 275 g/mol. The molecule has 0 aliphatic carbocycles. The maximum Gasteiger partial charge on any atom is 0.220 e. The Bertz CT molecular complexity index is 410. The first kappa shape index (κ1) is 15.0. The van der Waals surface area contributed by atoms with E-state index in [-0.39, 0.29) is 5.91 Å². The molecule has 1 heterocycles. The van der Waals surface area contributed by atoms with Crippen molar-refractivity contribution in [3.05, 3.63) is 35.4 Å². The lowest BCUT2D eigenvalue weighted by atomic mass is 10.1. The zero-order valence-corrected chi connectivity index (χ0v) is 12.3. The van der Waals surface area contributed by atoms with Gasteiger partial charge in [-0.1, -0.05) is 29.8 Å². The Balaban J connectivity index is 1.59. The Labute approximate surface area is 121 Å². The third-order valence-electron chi connectivity index (χ3n) is 3.72. The molecule has 1 aliphatic heterocycles.